The highest BCUT2D eigenvalue weighted by Gasteiger charge is 2.26. The van der Waals surface area contributed by atoms with Crippen LogP contribution in [0.5, 0.6) is 0 Å². The van der Waals surface area contributed by atoms with E-state index in [4.69, 9.17) is 0 Å². The summed E-state index contributed by atoms with van der Waals surface area (Å²) in [5.41, 5.74) is 1.51. The van der Waals surface area contributed by atoms with Crippen LogP contribution in [0.2, 0.25) is 0 Å². The fourth-order valence-corrected chi connectivity index (χ4v) is 6.93. The van der Waals surface area contributed by atoms with Crippen molar-refractivity contribution in [3.05, 3.63) is 54.6 Å². The number of nitrogens with zero attached hydrogens (tertiary/aromatic N) is 1. The number of nitrogens with one attached hydrogen (secondary N) is 1. The summed E-state index contributed by atoms with van der Waals surface area (Å²) in [6.45, 7) is 4.62. The van der Waals surface area contributed by atoms with Gasteiger partial charge in [0.25, 0.3) is 0 Å². The zero-order valence-corrected chi connectivity index (χ0v) is 28.3. The van der Waals surface area contributed by atoms with Crippen molar-refractivity contribution >= 4 is 0 Å². The lowest BCUT2D eigenvalue weighted by Gasteiger charge is -2.25. The van der Waals surface area contributed by atoms with Gasteiger partial charge in [-0.3, -0.25) is 4.98 Å². The fraction of sp³-hybridized carbons (Fsp3) is 0.775. The van der Waals surface area contributed by atoms with E-state index in [2.05, 4.69) is 72.5 Å². The Labute approximate surface area is 262 Å². The molecule has 1 heterocycles. The van der Waals surface area contributed by atoms with Crippen LogP contribution in [-0.4, -0.2) is 4.98 Å². The van der Waals surface area contributed by atoms with E-state index in [1.54, 1.807) is 0 Å². The maximum absolute atomic E-state index is 3.35. The van der Waals surface area contributed by atoms with Gasteiger partial charge in [0, 0.05) is 5.92 Å². The molecule has 0 radical (unpaired) electrons. The molecule has 1 aromatic heterocycles. The Kier molecular flexibility index (Phi) is 23.6. The Morgan fingerprint density at radius 2 is 0.952 bits per heavy atom. The third kappa shape index (κ3) is 18.9. The number of aromatic amines is 1. The number of unbranched alkanes of at least 4 members (excludes halogenated alkanes) is 22. The smallest absolute Gasteiger partial charge is 0.241 e. The second kappa shape index (κ2) is 27.0. The molecule has 0 saturated carbocycles. The molecule has 1 N–H and O–H groups in total. The molecule has 0 amide bonds. The van der Waals surface area contributed by atoms with Gasteiger partial charge in [-0.1, -0.05) is 192 Å². The SMILES string of the molecule is CCCCCCCCCCCCCCCCC(Cc1ccccc1)C(CCCCCCCCCCCC)[n+]1cc[nH]c1. The Morgan fingerprint density at radius 1 is 0.524 bits per heavy atom. The molecule has 0 bridgehead atoms. The molecule has 0 spiro atoms. The summed E-state index contributed by atoms with van der Waals surface area (Å²) in [6.07, 6.45) is 44.7. The summed E-state index contributed by atoms with van der Waals surface area (Å²) >= 11 is 0. The average molecular weight is 580 g/mol. The van der Waals surface area contributed by atoms with Crippen molar-refractivity contribution in [1.29, 1.82) is 0 Å². The van der Waals surface area contributed by atoms with Crippen LogP contribution in [0.25, 0.3) is 0 Å². The van der Waals surface area contributed by atoms with Crippen LogP contribution in [0.1, 0.15) is 192 Å². The second-order valence-electron chi connectivity index (χ2n) is 13.4. The molecule has 0 aliphatic heterocycles. The van der Waals surface area contributed by atoms with Crippen LogP contribution < -0.4 is 4.57 Å². The second-order valence-corrected chi connectivity index (χ2v) is 13.4. The van der Waals surface area contributed by atoms with E-state index in [1.807, 2.05) is 0 Å². The molecule has 240 valence electrons. The number of hydrogen-bond acceptors (Lipinski definition) is 0. The van der Waals surface area contributed by atoms with E-state index in [-0.39, 0.29) is 0 Å². The molecule has 2 heteroatoms. The van der Waals surface area contributed by atoms with Gasteiger partial charge in [0.1, 0.15) is 18.4 Å². The van der Waals surface area contributed by atoms with Crippen LogP contribution in [0.4, 0.5) is 0 Å². The number of benzene rings is 1. The molecule has 2 nitrogen and oxygen atoms in total. The summed E-state index contributed by atoms with van der Waals surface area (Å²) in [4.78, 5) is 3.35. The molecular weight excluding hydrogens is 508 g/mol. The third-order valence-corrected chi connectivity index (χ3v) is 9.62. The van der Waals surface area contributed by atoms with E-state index in [0.29, 0.717) is 12.0 Å². The van der Waals surface area contributed by atoms with Gasteiger partial charge in [0.2, 0.25) is 6.33 Å². The average Bonchev–Trinajstić information content (AvgIpc) is 3.55. The highest BCUT2D eigenvalue weighted by molar-refractivity contribution is 5.15. The van der Waals surface area contributed by atoms with Crippen molar-refractivity contribution in [2.24, 2.45) is 5.92 Å². The Hall–Kier alpha value is -1.57. The van der Waals surface area contributed by atoms with Gasteiger partial charge in [-0.05, 0) is 31.2 Å². The number of H-pyrrole nitrogens is 1. The van der Waals surface area contributed by atoms with Crippen molar-refractivity contribution < 1.29 is 4.57 Å². The fourth-order valence-electron chi connectivity index (χ4n) is 6.93. The van der Waals surface area contributed by atoms with E-state index in [1.165, 1.54) is 179 Å². The van der Waals surface area contributed by atoms with E-state index in [9.17, 15) is 0 Å². The normalized spacial score (nSPS) is 13.0. The highest BCUT2D eigenvalue weighted by atomic mass is 15.1. The maximum Gasteiger partial charge on any atom is 0.241 e. The van der Waals surface area contributed by atoms with Crippen LogP contribution in [0.3, 0.4) is 0 Å². The number of rotatable bonds is 30. The monoisotopic (exact) mass is 580 g/mol. The van der Waals surface area contributed by atoms with Gasteiger partial charge in [0.15, 0.2) is 0 Å². The van der Waals surface area contributed by atoms with E-state index in [0.717, 1.165) is 0 Å². The molecule has 0 aliphatic rings. The predicted molar refractivity (Wildman–Crippen MR) is 185 cm³/mol. The van der Waals surface area contributed by atoms with Crippen molar-refractivity contribution in [1.82, 2.24) is 4.98 Å². The summed E-state index contributed by atoms with van der Waals surface area (Å²) < 4.78 is 2.51. The van der Waals surface area contributed by atoms with Gasteiger partial charge >= 0.3 is 0 Å². The molecule has 2 unspecified atom stereocenters. The standard InChI is InChI=1S/C40H70N2/c1-3-5-7-9-11-13-15-16-17-18-19-21-23-28-32-39(36-38-30-26-25-27-31-38)40(42-35-34-41-37-42)33-29-24-22-20-14-12-10-8-6-4-2/h25-27,30-31,34-35,37,39-40H,3-24,28-29,32-33,36H2,1-2H3/p+1. The maximum atomic E-state index is 3.35. The molecule has 0 fully saturated rings. The van der Waals surface area contributed by atoms with Crippen LogP contribution in [0, 0.1) is 5.92 Å². The Bertz CT molecular complexity index is 783. The molecule has 2 atom stereocenters. The minimum absolute atomic E-state index is 0.604. The first-order valence-electron chi connectivity index (χ1n) is 18.9. The lowest BCUT2D eigenvalue weighted by Crippen LogP contribution is -2.42. The lowest BCUT2D eigenvalue weighted by atomic mass is 9.84. The van der Waals surface area contributed by atoms with Gasteiger partial charge in [-0.15, -0.1) is 0 Å². The summed E-state index contributed by atoms with van der Waals surface area (Å²) in [5, 5.41) is 0. The first-order valence-corrected chi connectivity index (χ1v) is 18.9. The first-order chi connectivity index (χ1) is 20.8. The molecule has 42 heavy (non-hydrogen) atoms. The number of imidazole rings is 1. The van der Waals surface area contributed by atoms with Gasteiger partial charge in [0.05, 0.1) is 0 Å². The molecule has 2 aromatic rings. The first kappa shape index (κ1) is 36.6. The minimum Gasteiger partial charge on any atom is -0.250 e. The van der Waals surface area contributed by atoms with Gasteiger partial charge in [-0.2, -0.15) is 0 Å². The third-order valence-electron chi connectivity index (χ3n) is 9.62. The highest BCUT2D eigenvalue weighted by Crippen LogP contribution is 2.29. The quantitative estimate of drug-likeness (QED) is 0.0701. The predicted octanol–water partition coefficient (Wildman–Crippen LogP) is 12.9. The molecule has 1 aromatic carbocycles. The van der Waals surface area contributed by atoms with Crippen LogP contribution >= 0.6 is 0 Å². The topological polar surface area (TPSA) is 19.7 Å². The number of aromatic nitrogens is 2. The van der Waals surface area contributed by atoms with Crippen LogP contribution in [-0.2, 0) is 6.42 Å². The van der Waals surface area contributed by atoms with Gasteiger partial charge < -0.3 is 0 Å². The van der Waals surface area contributed by atoms with Crippen molar-refractivity contribution in [3.63, 3.8) is 0 Å². The van der Waals surface area contributed by atoms with Crippen molar-refractivity contribution in [3.8, 4) is 0 Å². The zero-order chi connectivity index (χ0) is 29.8. The molecule has 2 rings (SSSR count). The van der Waals surface area contributed by atoms with Gasteiger partial charge in [-0.25, -0.2) is 4.57 Å². The molecular formula is C40H71N2+. The number of hydrogen-bond donors (Lipinski definition) is 1. The summed E-state index contributed by atoms with van der Waals surface area (Å²) in [5.74, 6) is 0.712. The Morgan fingerprint density at radius 3 is 1.38 bits per heavy atom. The largest absolute Gasteiger partial charge is 0.250 e. The molecule has 0 aliphatic carbocycles. The van der Waals surface area contributed by atoms with Crippen molar-refractivity contribution in [2.75, 3.05) is 0 Å². The summed E-state index contributed by atoms with van der Waals surface area (Å²) in [6, 6.07) is 11.9. The van der Waals surface area contributed by atoms with E-state index < -0.39 is 0 Å². The Balaban J connectivity index is 1.70. The summed E-state index contributed by atoms with van der Waals surface area (Å²) in [7, 11) is 0. The lowest BCUT2D eigenvalue weighted by molar-refractivity contribution is -0.730. The minimum atomic E-state index is 0.604. The zero-order valence-electron chi connectivity index (χ0n) is 28.3. The van der Waals surface area contributed by atoms with Crippen LogP contribution in [0.15, 0.2) is 49.1 Å². The van der Waals surface area contributed by atoms with E-state index >= 15 is 0 Å². The van der Waals surface area contributed by atoms with Crippen molar-refractivity contribution in [2.45, 2.75) is 193 Å². The molecule has 0 saturated heterocycles.